The van der Waals surface area contributed by atoms with Crippen molar-refractivity contribution in [3.05, 3.63) is 109 Å². The number of ether oxygens (including phenoxy) is 1. The zero-order valence-corrected chi connectivity index (χ0v) is 17.8. The molecule has 0 amide bonds. The average Bonchev–Trinajstić information content (AvgIpc) is 3.14. The summed E-state index contributed by atoms with van der Waals surface area (Å²) in [5.74, 6) is -0.311. The van der Waals surface area contributed by atoms with Crippen LogP contribution in [-0.2, 0) is 16.2 Å². The van der Waals surface area contributed by atoms with E-state index in [1.54, 1.807) is 30.3 Å². The smallest absolute Gasteiger partial charge is 0.368 e. The van der Waals surface area contributed by atoms with Crippen LogP contribution in [0.1, 0.15) is 16.7 Å². The molecule has 0 N–H and O–H groups in total. The summed E-state index contributed by atoms with van der Waals surface area (Å²) in [6.45, 7) is 0.120. The Morgan fingerprint density at radius 3 is 2.31 bits per heavy atom. The zero-order valence-electron chi connectivity index (χ0n) is 16.3. The Labute approximate surface area is 192 Å². The van der Waals surface area contributed by atoms with Crippen molar-refractivity contribution in [2.45, 2.75) is 6.61 Å². The van der Waals surface area contributed by atoms with Crippen LogP contribution in [0.4, 0.5) is 5.69 Å². The lowest BCUT2D eigenvalue weighted by molar-refractivity contribution is -0.384. The van der Waals surface area contributed by atoms with Crippen molar-refractivity contribution in [1.82, 2.24) is 0 Å². The van der Waals surface area contributed by atoms with Crippen LogP contribution in [0.15, 0.2) is 77.5 Å². The zero-order chi connectivity index (χ0) is 22.7. The molecule has 0 unspecified atom stereocenters. The number of benzene rings is 3. The topological polar surface area (TPSA) is 91.0 Å². The molecule has 32 heavy (non-hydrogen) atoms. The van der Waals surface area contributed by atoms with Gasteiger partial charge in [0.15, 0.2) is 5.75 Å². The van der Waals surface area contributed by atoms with Gasteiger partial charge >= 0.3 is 5.97 Å². The van der Waals surface area contributed by atoms with Crippen molar-refractivity contribution >= 4 is 46.6 Å². The number of hydrogen-bond acceptors (Lipinski definition) is 6. The Kier molecular flexibility index (Phi) is 6.20. The number of nitrogens with zero attached hydrogens (tertiary/aromatic N) is 2. The van der Waals surface area contributed by atoms with Crippen LogP contribution >= 0.6 is 23.2 Å². The maximum Gasteiger partial charge on any atom is 0.368 e. The second-order valence-electron chi connectivity index (χ2n) is 6.77. The predicted molar refractivity (Wildman–Crippen MR) is 121 cm³/mol. The molecule has 0 saturated carbocycles. The molecule has 9 heteroatoms. The van der Waals surface area contributed by atoms with E-state index >= 15 is 0 Å². The van der Waals surface area contributed by atoms with Gasteiger partial charge in [-0.25, -0.2) is 4.79 Å². The molecular weight excluding hydrogens is 455 g/mol. The highest BCUT2D eigenvalue weighted by Crippen LogP contribution is 2.36. The monoisotopic (exact) mass is 468 g/mol. The molecule has 0 aliphatic carbocycles. The predicted octanol–water partition coefficient (Wildman–Crippen LogP) is 5.83. The Balaban J connectivity index is 1.55. The minimum atomic E-state index is -0.574. The van der Waals surface area contributed by atoms with Gasteiger partial charge in [0.2, 0.25) is 0 Å². The highest BCUT2D eigenvalue weighted by molar-refractivity contribution is 6.37. The number of hydrogen-bond donors (Lipinski definition) is 0. The molecule has 160 valence electrons. The third kappa shape index (κ3) is 4.64. The van der Waals surface area contributed by atoms with Crippen molar-refractivity contribution in [3.63, 3.8) is 0 Å². The molecule has 0 aromatic heterocycles. The summed E-state index contributed by atoms with van der Waals surface area (Å²) < 4.78 is 5.72. The first-order valence-electron chi connectivity index (χ1n) is 9.34. The minimum absolute atomic E-state index is 0.00828. The van der Waals surface area contributed by atoms with E-state index in [0.717, 1.165) is 5.56 Å². The van der Waals surface area contributed by atoms with Crippen molar-refractivity contribution in [1.29, 1.82) is 0 Å². The first-order valence-corrected chi connectivity index (χ1v) is 10.1. The molecule has 0 atom stereocenters. The van der Waals surface area contributed by atoms with Crippen LogP contribution in [0.3, 0.4) is 0 Å². The van der Waals surface area contributed by atoms with Gasteiger partial charge < -0.3 is 9.57 Å². The summed E-state index contributed by atoms with van der Waals surface area (Å²) >= 11 is 12.7. The number of oxime groups is 1. The Morgan fingerprint density at radius 2 is 1.69 bits per heavy atom. The number of nitro groups is 1. The molecule has 1 aliphatic heterocycles. The molecule has 3 aromatic rings. The van der Waals surface area contributed by atoms with Crippen molar-refractivity contribution in [2.75, 3.05) is 0 Å². The lowest BCUT2D eigenvalue weighted by Gasteiger charge is -2.11. The van der Waals surface area contributed by atoms with E-state index in [4.69, 9.17) is 32.8 Å². The van der Waals surface area contributed by atoms with Crippen LogP contribution in [0, 0.1) is 10.1 Å². The summed E-state index contributed by atoms with van der Waals surface area (Å²) in [6.07, 6.45) is 1.60. The molecule has 3 aromatic carbocycles. The van der Waals surface area contributed by atoms with E-state index in [1.807, 2.05) is 30.3 Å². The SMILES string of the molecule is O=C1ON=C(c2ccccc2)/C1=C/c1cc(Cl)c(OCc2ccc([N+](=O)[O-])cc2)c(Cl)c1. The van der Waals surface area contributed by atoms with Crippen molar-refractivity contribution in [3.8, 4) is 5.75 Å². The highest BCUT2D eigenvalue weighted by Gasteiger charge is 2.27. The minimum Gasteiger partial charge on any atom is -0.486 e. The third-order valence-corrected chi connectivity index (χ3v) is 5.17. The fourth-order valence-corrected chi connectivity index (χ4v) is 3.66. The molecule has 1 heterocycles. The van der Waals surface area contributed by atoms with Gasteiger partial charge in [0.25, 0.3) is 5.69 Å². The molecule has 7 nitrogen and oxygen atoms in total. The van der Waals surface area contributed by atoms with Gasteiger partial charge in [-0.2, -0.15) is 0 Å². The molecule has 0 bridgehead atoms. The number of carbonyl (C=O) groups is 1. The lowest BCUT2D eigenvalue weighted by atomic mass is 10.0. The van der Waals surface area contributed by atoms with E-state index < -0.39 is 10.9 Å². The Hall–Kier alpha value is -3.68. The fourth-order valence-electron chi connectivity index (χ4n) is 3.05. The standard InChI is InChI=1S/C23H14Cl2N2O5/c24-19-11-15(10-18-21(26-32-23(18)28)16-4-2-1-3-5-16)12-20(25)22(19)31-13-14-6-8-17(9-7-14)27(29)30/h1-12H,13H2/b18-10-. The van der Waals surface area contributed by atoms with E-state index in [1.165, 1.54) is 12.1 Å². The normalized spacial score (nSPS) is 14.2. The molecule has 0 fully saturated rings. The summed E-state index contributed by atoms with van der Waals surface area (Å²) in [7, 11) is 0. The second kappa shape index (κ2) is 9.21. The van der Waals surface area contributed by atoms with Gasteiger partial charge in [0.05, 0.1) is 20.5 Å². The van der Waals surface area contributed by atoms with E-state index in [0.29, 0.717) is 16.8 Å². The van der Waals surface area contributed by atoms with Gasteiger partial charge in [-0.05, 0) is 41.5 Å². The number of non-ortho nitro benzene ring substituents is 1. The number of halogens is 2. The Bertz CT molecular complexity index is 1230. The second-order valence-corrected chi connectivity index (χ2v) is 7.58. The maximum atomic E-state index is 12.2. The van der Waals surface area contributed by atoms with Crippen LogP contribution in [0.25, 0.3) is 6.08 Å². The van der Waals surface area contributed by atoms with Gasteiger partial charge in [-0.15, -0.1) is 0 Å². The van der Waals surface area contributed by atoms with Gasteiger partial charge in [0, 0.05) is 17.7 Å². The van der Waals surface area contributed by atoms with Crippen LogP contribution < -0.4 is 4.74 Å². The lowest BCUT2D eigenvalue weighted by Crippen LogP contribution is -2.06. The molecule has 0 radical (unpaired) electrons. The molecule has 0 saturated heterocycles. The van der Waals surface area contributed by atoms with Crippen LogP contribution in [0.2, 0.25) is 10.0 Å². The molecule has 0 spiro atoms. The number of carbonyl (C=O) groups excluding carboxylic acids is 1. The first-order chi connectivity index (χ1) is 15.4. The van der Waals surface area contributed by atoms with Crippen molar-refractivity contribution < 1.29 is 19.3 Å². The van der Waals surface area contributed by atoms with Gasteiger partial charge in [-0.1, -0.05) is 58.7 Å². The van der Waals surface area contributed by atoms with E-state index in [-0.39, 0.29) is 33.7 Å². The molecular formula is C23H14Cl2N2O5. The highest BCUT2D eigenvalue weighted by atomic mass is 35.5. The molecule has 1 aliphatic rings. The summed E-state index contributed by atoms with van der Waals surface area (Å²) in [6, 6.07) is 18.4. The average molecular weight is 469 g/mol. The van der Waals surface area contributed by atoms with Crippen LogP contribution in [0.5, 0.6) is 5.75 Å². The van der Waals surface area contributed by atoms with Gasteiger partial charge in [-0.3, -0.25) is 10.1 Å². The van der Waals surface area contributed by atoms with Crippen molar-refractivity contribution in [2.24, 2.45) is 5.16 Å². The van der Waals surface area contributed by atoms with Gasteiger partial charge in [0.1, 0.15) is 12.3 Å². The quantitative estimate of drug-likeness (QED) is 0.196. The molecule has 4 rings (SSSR count). The summed E-state index contributed by atoms with van der Waals surface area (Å²) in [5, 5.41) is 15.1. The summed E-state index contributed by atoms with van der Waals surface area (Å²) in [4.78, 5) is 27.3. The summed E-state index contributed by atoms with van der Waals surface area (Å²) in [5.41, 5.74) is 2.71. The maximum absolute atomic E-state index is 12.2. The van der Waals surface area contributed by atoms with Crippen LogP contribution in [-0.4, -0.2) is 16.6 Å². The van der Waals surface area contributed by atoms with E-state index in [9.17, 15) is 14.9 Å². The fraction of sp³-hybridized carbons (Fsp3) is 0.0435. The third-order valence-electron chi connectivity index (χ3n) is 4.60. The Morgan fingerprint density at radius 1 is 1.03 bits per heavy atom. The van der Waals surface area contributed by atoms with E-state index in [2.05, 4.69) is 5.16 Å². The first kappa shape index (κ1) is 21.5. The number of rotatable bonds is 6. The number of nitro benzene ring substituents is 1. The largest absolute Gasteiger partial charge is 0.486 e.